The summed E-state index contributed by atoms with van der Waals surface area (Å²) in [6.07, 6.45) is 0. The SMILES string of the molecule is CC(C)NC(COc1cccc([N+](=O)[O-])c1)C(=O)O. The molecule has 19 heavy (non-hydrogen) atoms. The van der Waals surface area contributed by atoms with Gasteiger partial charge in [-0.15, -0.1) is 0 Å². The molecule has 0 saturated heterocycles. The van der Waals surface area contributed by atoms with Gasteiger partial charge in [0, 0.05) is 12.1 Å². The van der Waals surface area contributed by atoms with Crippen molar-refractivity contribution < 1.29 is 19.6 Å². The molecule has 0 aliphatic heterocycles. The van der Waals surface area contributed by atoms with Gasteiger partial charge in [-0.05, 0) is 6.07 Å². The van der Waals surface area contributed by atoms with E-state index in [4.69, 9.17) is 9.84 Å². The highest BCUT2D eigenvalue weighted by Crippen LogP contribution is 2.19. The van der Waals surface area contributed by atoms with E-state index >= 15 is 0 Å². The number of nitro groups is 1. The number of hydrogen-bond donors (Lipinski definition) is 2. The summed E-state index contributed by atoms with van der Waals surface area (Å²) in [7, 11) is 0. The van der Waals surface area contributed by atoms with Crippen molar-refractivity contribution in [3.05, 3.63) is 34.4 Å². The van der Waals surface area contributed by atoms with Gasteiger partial charge in [-0.3, -0.25) is 20.2 Å². The van der Waals surface area contributed by atoms with Crippen molar-refractivity contribution >= 4 is 11.7 Å². The molecular formula is C12H16N2O5. The molecule has 1 atom stereocenters. The van der Waals surface area contributed by atoms with Crippen LogP contribution in [0, 0.1) is 10.1 Å². The van der Waals surface area contributed by atoms with E-state index < -0.39 is 16.9 Å². The van der Waals surface area contributed by atoms with Gasteiger partial charge in [-0.25, -0.2) is 0 Å². The first-order chi connectivity index (χ1) is 8.90. The van der Waals surface area contributed by atoms with Gasteiger partial charge in [0.15, 0.2) is 0 Å². The van der Waals surface area contributed by atoms with Gasteiger partial charge in [-0.1, -0.05) is 19.9 Å². The first-order valence-corrected chi connectivity index (χ1v) is 5.76. The number of carbonyl (C=O) groups is 1. The lowest BCUT2D eigenvalue weighted by molar-refractivity contribution is -0.384. The van der Waals surface area contributed by atoms with Crippen LogP contribution in [0.15, 0.2) is 24.3 Å². The Hall–Kier alpha value is -2.15. The van der Waals surface area contributed by atoms with Crippen molar-refractivity contribution in [2.24, 2.45) is 0 Å². The van der Waals surface area contributed by atoms with E-state index in [1.165, 1.54) is 18.2 Å². The van der Waals surface area contributed by atoms with Crippen molar-refractivity contribution in [2.45, 2.75) is 25.9 Å². The van der Waals surface area contributed by atoms with Gasteiger partial charge in [0.2, 0.25) is 0 Å². The predicted octanol–water partition coefficient (Wildman–Crippen LogP) is 1.42. The monoisotopic (exact) mass is 268 g/mol. The van der Waals surface area contributed by atoms with Crippen molar-refractivity contribution in [1.29, 1.82) is 0 Å². The maximum absolute atomic E-state index is 11.0. The molecule has 0 saturated carbocycles. The van der Waals surface area contributed by atoms with Crippen LogP contribution in [0.2, 0.25) is 0 Å². The predicted molar refractivity (Wildman–Crippen MR) is 68.3 cm³/mol. The molecule has 7 heteroatoms. The van der Waals surface area contributed by atoms with Crippen LogP contribution in [0.4, 0.5) is 5.69 Å². The summed E-state index contributed by atoms with van der Waals surface area (Å²) in [6, 6.07) is 4.76. The zero-order valence-electron chi connectivity index (χ0n) is 10.7. The van der Waals surface area contributed by atoms with E-state index in [0.29, 0.717) is 0 Å². The minimum absolute atomic E-state index is 0.00481. The number of rotatable bonds is 7. The van der Waals surface area contributed by atoms with E-state index in [2.05, 4.69) is 5.32 Å². The Morgan fingerprint density at radius 1 is 1.53 bits per heavy atom. The molecule has 0 radical (unpaired) electrons. The van der Waals surface area contributed by atoms with Crippen LogP contribution in [0.1, 0.15) is 13.8 Å². The lowest BCUT2D eigenvalue weighted by atomic mass is 10.2. The zero-order valence-corrected chi connectivity index (χ0v) is 10.7. The molecule has 1 aromatic carbocycles. The van der Waals surface area contributed by atoms with Crippen LogP contribution in [-0.2, 0) is 4.79 Å². The third kappa shape index (κ3) is 4.92. The molecule has 1 rings (SSSR count). The highest BCUT2D eigenvalue weighted by Gasteiger charge is 2.19. The number of non-ortho nitro benzene ring substituents is 1. The molecule has 0 aromatic heterocycles. The average Bonchev–Trinajstić information content (AvgIpc) is 2.34. The number of carboxylic acid groups (broad SMARTS) is 1. The first-order valence-electron chi connectivity index (χ1n) is 5.76. The summed E-state index contributed by atoms with van der Waals surface area (Å²) in [5, 5.41) is 22.4. The van der Waals surface area contributed by atoms with Crippen LogP contribution >= 0.6 is 0 Å². The normalized spacial score (nSPS) is 12.2. The third-order valence-electron chi connectivity index (χ3n) is 2.28. The van der Waals surface area contributed by atoms with Gasteiger partial charge in [-0.2, -0.15) is 0 Å². The first kappa shape index (κ1) is 14.9. The third-order valence-corrected chi connectivity index (χ3v) is 2.28. The lowest BCUT2D eigenvalue weighted by Gasteiger charge is -2.17. The molecule has 2 N–H and O–H groups in total. The fourth-order valence-corrected chi connectivity index (χ4v) is 1.46. The van der Waals surface area contributed by atoms with Crippen LogP contribution in [-0.4, -0.2) is 34.7 Å². The fraction of sp³-hybridized carbons (Fsp3) is 0.417. The number of nitrogens with zero attached hydrogens (tertiary/aromatic N) is 1. The summed E-state index contributed by atoms with van der Waals surface area (Å²) in [5.74, 6) is -0.759. The fourth-order valence-electron chi connectivity index (χ4n) is 1.46. The van der Waals surface area contributed by atoms with Gasteiger partial charge in [0.05, 0.1) is 11.0 Å². The van der Waals surface area contributed by atoms with E-state index in [-0.39, 0.29) is 24.1 Å². The molecule has 1 unspecified atom stereocenters. The molecule has 0 fully saturated rings. The molecule has 0 aliphatic rings. The Kier molecular flexibility index (Phi) is 5.25. The number of ether oxygens (including phenoxy) is 1. The quantitative estimate of drug-likeness (QED) is 0.573. The van der Waals surface area contributed by atoms with Crippen molar-refractivity contribution in [3.63, 3.8) is 0 Å². The Morgan fingerprint density at radius 2 is 2.21 bits per heavy atom. The second-order valence-electron chi connectivity index (χ2n) is 4.28. The molecule has 104 valence electrons. The van der Waals surface area contributed by atoms with Crippen LogP contribution in [0.5, 0.6) is 5.75 Å². The van der Waals surface area contributed by atoms with Crippen molar-refractivity contribution in [1.82, 2.24) is 5.32 Å². The molecule has 0 bridgehead atoms. The maximum Gasteiger partial charge on any atom is 0.324 e. The van der Waals surface area contributed by atoms with Gasteiger partial charge in [0.1, 0.15) is 18.4 Å². The van der Waals surface area contributed by atoms with Gasteiger partial charge in [0.25, 0.3) is 5.69 Å². The average molecular weight is 268 g/mol. The Labute approximate surface area is 110 Å². The van der Waals surface area contributed by atoms with E-state index in [1.54, 1.807) is 6.07 Å². The highest BCUT2D eigenvalue weighted by molar-refractivity contribution is 5.73. The molecular weight excluding hydrogens is 252 g/mol. The largest absolute Gasteiger partial charge is 0.491 e. The zero-order chi connectivity index (χ0) is 14.4. The van der Waals surface area contributed by atoms with Crippen molar-refractivity contribution in [2.75, 3.05) is 6.61 Å². The standard InChI is InChI=1S/C12H16N2O5/c1-8(2)13-11(12(15)16)7-19-10-5-3-4-9(6-10)14(17)18/h3-6,8,11,13H,7H2,1-2H3,(H,15,16). The van der Waals surface area contributed by atoms with Crippen LogP contribution in [0.25, 0.3) is 0 Å². The summed E-state index contributed by atoms with van der Waals surface area (Å²) in [6.45, 7) is 3.54. The van der Waals surface area contributed by atoms with Crippen LogP contribution in [0.3, 0.4) is 0 Å². The highest BCUT2D eigenvalue weighted by atomic mass is 16.6. The Bertz CT molecular complexity index is 461. The molecule has 0 spiro atoms. The van der Waals surface area contributed by atoms with Crippen molar-refractivity contribution in [3.8, 4) is 5.75 Å². The number of nitrogens with one attached hydrogen (secondary N) is 1. The molecule has 1 aromatic rings. The van der Waals surface area contributed by atoms with E-state index in [0.717, 1.165) is 0 Å². The summed E-state index contributed by atoms with van der Waals surface area (Å²) in [4.78, 5) is 21.0. The van der Waals surface area contributed by atoms with E-state index in [9.17, 15) is 14.9 Å². The minimum atomic E-state index is -1.03. The molecule has 0 heterocycles. The summed E-state index contributed by atoms with van der Waals surface area (Å²) in [5.41, 5.74) is -0.0961. The van der Waals surface area contributed by atoms with Crippen LogP contribution < -0.4 is 10.1 Å². The number of hydrogen-bond acceptors (Lipinski definition) is 5. The van der Waals surface area contributed by atoms with E-state index in [1.807, 2.05) is 13.8 Å². The topological polar surface area (TPSA) is 102 Å². The number of carboxylic acids is 1. The summed E-state index contributed by atoms with van der Waals surface area (Å²) >= 11 is 0. The second-order valence-corrected chi connectivity index (χ2v) is 4.28. The minimum Gasteiger partial charge on any atom is -0.491 e. The molecule has 0 amide bonds. The smallest absolute Gasteiger partial charge is 0.324 e. The summed E-state index contributed by atoms with van der Waals surface area (Å²) < 4.78 is 5.27. The Balaban J connectivity index is 2.66. The van der Waals surface area contributed by atoms with Gasteiger partial charge >= 0.3 is 5.97 Å². The number of aliphatic carboxylic acids is 1. The maximum atomic E-state index is 11.0. The molecule has 7 nitrogen and oxygen atoms in total. The number of benzene rings is 1. The second kappa shape index (κ2) is 6.69. The lowest BCUT2D eigenvalue weighted by Crippen LogP contribution is -2.44. The Morgan fingerprint density at radius 3 is 2.74 bits per heavy atom. The van der Waals surface area contributed by atoms with Gasteiger partial charge < -0.3 is 9.84 Å². The number of nitro benzene ring substituents is 1. The molecule has 0 aliphatic carbocycles.